The number of likely N-dealkylation sites (tertiary alicyclic amines) is 1. The van der Waals surface area contributed by atoms with E-state index in [2.05, 4.69) is 75.1 Å². The van der Waals surface area contributed by atoms with Gasteiger partial charge in [0, 0.05) is 51.1 Å². The minimum absolute atomic E-state index is 0. The summed E-state index contributed by atoms with van der Waals surface area (Å²) in [6.07, 6.45) is 3.61. The summed E-state index contributed by atoms with van der Waals surface area (Å²) in [6.45, 7) is 9.95. The van der Waals surface area contributed by atoms with Gasteiger partial charge >= 0.3 is 0 Å². The summed E-state index contributed by atoms with van der Waals surface area (Å²) in [5.41, 5.74) is 2.46. The smallest absolute Gasteiger partial charge is 0.191 e. The zero-order valence-corrected chi connectivity index (χ0v) is 22.7. The molecule has 178 valence electrons. The molecule has 2 N–H and O–H groups in total. The molecule has 1 aromatic carbocycles. The van der Waals surface area contributed by atoms with Crippen molar-refractivity contribution in [2.45, 2.75) is 58.2 Å². The van der Waals surface area contributed by atoms with Crippen molar-refractivity contribution >= 4 is 41.3 Å². The molecule has 6 nitrogen and oxygen atoms in total. The Balaban J connectivity index is 0.00000363. The van der Waals surface area contributed by atoms with Crippen LogP contribution >= 0.6 is 35.3 Å². The molecule has 0 saturated carbocycles. The first-order valence-electron chi connectivity index (χ1n) is 11.4. The largest absolute Gasteiger partial charge is 0.378 e. The van der Waals surface area contributed by atoms with Gasteiger partial charge in [-0.15, -0.1) is 35.3 Å². The van der Waals surface area contributed by atoms with Crippen molar-refractivity contribution in [3.63, 3.8) is 0 Å². The molecule has 0 radical (unpaired) electrons. The summed E-state index contributed by atoms with van der Waals surface area (Å²) in [7, 11) is 1.80. The molecule has 3 rings (SSSR count). The van der Waals surface area contributed by atoms with Crippen LogP contribution in [0, 0.1) is 0 Å². The number of nitrogens with zero attached hydrogens (tertiary/aromatic N) is 3. The number of thiazole rings is 1. The van der Waals surface area contributed by atoms with E-state index in [0.29, 0.717) is 18.6 Å². The van der Waals surface area contributed by atoms with Gasteiger partial charge in [0.15, 0.2) is 5.96 Å². The molecule has 1 saturated heterocycles. The van der Waals surface area contributed by atoms with Crippen molar-refractivity contribution in [3.05, 3.63) is 52.0 Å². The Hall–Kier alpha value is -1.23. The number of hydrogen-bond acceptors (Lipinski definition) is 5. The van der Waals surface area contributed by atoms with E-state index in [1.807, 2.05) is 0 Å². The van der Waals surface area contributed by atoms with Gasteiger partial charge < -0.3 is 15.4 Å². The molecule has 8 heteroatoms. The third kappa shape index (κ3) is 9.33. The van der Waals surface area contributed by atoms with E-state index in [0.717, 1.165) is 63.7 Å². The molecule has 2 aromatic rings. The average Bonchev–Trinajstić information content (AvgIpc) is 3.27. The Labute approximate surface area is 214 Å². The Kier molecular flexibility index (Phi) is 12.5. The monoisotopic (exact) mass is 571 g/mol. The maximum absolute atomic E-state index is 6.12. The number of nitrogens with one attached hydrogen (secondary N) is 2. The van der Waals surface area contributed by atoms with Gasteiger partial charge in [-0.25, -0.2) is 4.98 Å². The zero-order chi connectivity index (χ0) is 21.9. The van der Waals surface area contributed by atoms with Crippen molar-refractivity contribution < 1.29 is 4.74 Å². The lowest BCUT2D eigenvalue weighted by Gasteiger charge is -2.32. The molecule has 1 aromatic heterocycles. The van der Waals surface area contributed by atoms with Crippen LogP contribution in [0.25, 0.3) is 0 Å². The predicted octanol–water partition coefficient (Wildman–Crippen LogP) is 4.62. The highest BCUT2D eigenvalue weighted by atomic mass is 127. The number of ether oxygens (including phenoxy) is 1. The van der Waals surface area contributed by atoms with Gasteiger partial charge in [0.25, 0.3) is 0 Å². The van der Waals surface area contributed by atoms with Crippen LogP contribution in [0.15, 0.2) is 40.7 Å². The number of aliphatic imine (C=N–C) groups is 1. The average molecular weight is 572 g/mol. The summed E-state index contributed by atoms with van der Waals surface area (Å²) in [5.74, 6) is 1.29. The topological polar surface area (TPSA) is 61.8 Å². The van der Waals surface area contributed by atoms with Crippen LogP contribution < -0.4 is 10.6 Å². The number of piperidine rings is 1. The number of hydrogen-bond donors (Lipinski definition) is 2. The van der Waals surface area contributed by atoms with E-state index in [4.69, 9.17) is 4.74 Å². The van der Waals surface area contributed by atoms with Crippen LogP contribution in [0.2, 0.25) is 0 Å². The molecule has 0 aliphatic carbocycles. The third-order valence-corrected chi connectivity index (χ3v) is 6.67. The van der Waals surface area contributed by atoms with Crippen molar-refractivity contribution in [1.29, 1.82) is 0 Å². The molecule has 1 fully saturated rings. The Morgan fingerprint density at radius 3 is 2.62 bits per heavy atom. The molecule has 0 spiro atoms. The second-order valence-electron chi connectivity index (χ2n) is 8.37. The number of benzene rings is 1. The summed E-state index contributed by atoms with van der Waals surface area (Å²) < 4.78 is 6.12. The van der Waals surface area contributed by atoms with Crippen LogP contribution in [0.3, 0.4) is 0 Å². The van der Waals surface area contributed by atoms with E-state index < -0.39 is 0 Å². The quantitative estimate of drug-likeness (QED) is 0.189. The van der Waals surface area contributed by atoms with Crippen LogP contribution in [-0.4, -0.2) is 55.2 Å². The Bertz CT molecular complexity index is 791. The third-order valence-electron chi connectivity index (χ3n) is 5.47. The van der Waals surface area contributed by atoms with E-state index in [-0.39, 0.29) is 24.0 Å². The van der Waals surface area contributed by atoms with Crippen LogP contribution in [0.4, 0.5) is 0 Å². The summed E-state index contributed by atoms with van der Waals surface area (Å²) >= 11 is 1.72. The van der Waals surface area contributed by atoms with Crippen LogP contribution in [-0.2, 0) is 17.8 Å². The summed E-state index contributed by atoms with van der Waals surface area (Å²) in [4.78, 5) is 11.5. The van der Waals surface area contributed by atoms with Gasteiger partial charge in [-0.3, -0.25) is 9.89 Å². The fraction of sp³-hybridized carbons (Fsp3) is 0.583. The van der Waals surface area contributed by atoms with Crippen molar-refractivity contribution in [1.82, 2.24) is 20.5 Å². The normalized spacial score (nSPS) is 15.6. The van der Waals surface area contributed by atoms with Crippen molar-refractivity contribution in [2.75, 3.05) is 33.3 Å². The number of halogens is 1. The zero-order valence-electron chi connectivity index (χ0n) is 19.5. The van der Waals surface area contributed by atoms with E-state index >= 15 is 0 Å². The highest BCUT2D eigenvalue weighted by Crippen LogP contribution is 2.19. The number of aromatic nitrogens is 1. The fourth-order valence-corrected chi connectivity index (χ4v) is 4.50. The molecular formula is C24H38IN5OS. The van der Waals surface area contributed by atoms with Crippen LogP contribution in [0.5, 0.6) is 0 Å². The van der Waals surface area contributed by atoms with Crippen LogP contribution in [0.1, 0.15) is 55.3 Å². The number of rotatable bonds is 10. The summed E-state index contributed by atoms with van der Waals surface area (Å²) in [5, 5.41) is 10.0. The minimum atomic E-state index is 0. The van der Waals surface area contributed by atoms with E-state index in [1.54, 1.807) is 18.4 Å². The van der Waals surface area contributed by atoms with Gasteiger partial charge in [0.1, 0.15) is 0 Å². The first-order valence-corrected chi connectivity index (χ1v) is 12.3. The van der Waals surface area contributed by atoms with Crippen molar-refractivity contribution in [2.24, 2.45) is 4.99 Å². The molecule has 32 heavy (non-hydrogen) atoms. The maximum atomic E-state index is 6.12. The van der Waals surface area contributed by atoms with Gasteiger partial charge in [-0.2, -0.15) is 0 Å². The maximum Gasteiger partial charge on any atom is 0.191 e. The van der Waals surface area contributed by atoms with Gasteiger partial charge in [0.2, 0.25) is 0 Å². The lowest BCUT2D eigenvalue weighted by atomic mass is 10.1. The van der Waals surface area contributed by atoms with Gasteiger partial charge in [-0.1, -0.05) is 44.2 Å². The van der Waals surface area contributed by atoms with Gasteiger partial charge in [0.05, 0.1) is 23.4 Å². The molecule has 1 aliphatic heterocycles. The molecule has 2 heterocycles. The Morgan fingerprint density at radius 1 is 1.22 bits per heavy atom. The number of guanidine groups is 1. The van der Waals surface area contributed by atoms with E-state index in [1.165, 1.54) is 10.6 Å². The van der Waals surface area contributed by atoms with E-state index in [9.17, 15) is 0 Å². The second kappa shape index (κ2) is 14.8. The molecule has 0 unspecified atom stereocenters. The highest BCUT2D eigenvalue weighted by molar-refractivity contribution is 14.0. The first-order chi connectivity index (χ1) is 15.1. The SMILES string of the molecule is CN=C(NCCCOC1CCN(Cc2ccccc2)CC1)NCc1csc(C(C)C)n1.I. The molecule has 0 amide bonds. The molecule has 0 bridgehead atoms. The molecular weight excluding hydrogens is 533 g/mol. The van der Waals surface area contributed by atoms with Gasteiger partial charge in [-0.05, 0) is 24.8 Å². The van der Waals surface area contributed by atoms with Crippen molar-refractivity contribution in [3.8, 4) is 0 Å². The molecule has 0 atom stereocenters. The molecule has 1 aliphatic rings. The highest BCUT2D eigenvalue weighted by Gasteiger charge is 2.19. The first kappa shape index (κ1) is 27.0. The fourth-order valence-electron chi connectivity index (χ4n) is 3.67. The second-order valence-corrected chi connectivity index (χ2v) is 9.26. The standard InChI is InChI=1S/C24H37N5OS.HI/c1-19(2)23-28-21(18-31-23)16-27-24(25-3)26-12-7-15-30-22-10-13-29(14-11-22)17-20-8-5-4-6-9-20;/h4-6,8-9,18-19,22H,7,10-17H2,1-3H3,(H2,25,26,27);1H. The lowest BCUT2D eigenvalue weighted by Crippen LogP contribution is -2.38. The lowest BCUT2D eigenvalue weighted by molar-refractivity contribution is 0.00534. The summed E-state index contributed by atoms with van der Waals surface area (Å²) in [6, 6.07) is 10.7. The predicted molar refractivity (Wildman–Crippen MR) is 145 cm³/mol. The Morgan fingerprint density at radius 2 is 1.97 bits per heavy atom. The minimum Gasteiger partial charge on any atom is -0.378 e.